The highest BCUT2D eigenvalue weighted by Crippen LogP contribution is 2.30. The van der Waals surface area contributed by atoms with E-state index in [1.807, 2.05) is 6.92 Å². The van der Waals surface area contributed by atoms with Crippen molar-refractivity contribution in [3.05, 3.63) is 64.2 Å². The zero-order valence-electron chi connectivity index (χ0n) is 15.7. The second-order valence-corrected chi connectivity index (χ2v) is 7.55. The fraction of sp³-hybridized carbons (Fsp3) is 0.333. The molecule has 2 aromatic rings. The van der Waals surface area contributed by atoms with E-state index in [-0.39, 0.29) is 18.0 Å². The third-order valence-electron chi connectivity index (χ3n) is 4.97. The number of halogens is 4. The van der Waals surface area contributed by atoms with Crippen LogP contribution in [0.3, 0.4) is 0 Å². The Morgan fingerprint density at radius 3 is 2.66 bits per heavy atom. The topological polar surface area (TPSA) is 49.4 Å². The summed E-state index contributed by atoms with van der Waals surface area (Å²) in [5.74, 6) is -1.19. The minimum absolute atomic E-state index is 0.0356. The van der Waals surface area contributed by atoms with E-state index in [4.69, 9.17) is 11.6 Å². The molecular formula is C21H20ClF3N2O2. The van der Waals surface area contributed by atoms with Gasteiger partial charge in [-0.05, 0) is 55.7 Å². The van der Waals surface area contributed by atoms with Crippen LogP contribution in [0.25, 0.3) is 0 Å². The Hall–Kier alpha value is -2.54. The fourth-order valence-electron chi connectivity index (χ4n) is 3.35. The molecule has 0 unspecified atom stereocenters. The predicted molar refractivity (Wildman–Crippen MR) is 105 cm³/mol. The van der Waals surface area contributed by atoms with Gasteiger partial charge in [0, 0.05) is 29.4 Å². The third-order valence-corrected chi connectivity index (χ3v) is 5.21. The second kappa shape index (κ2) is 8.45. The van der Waals surface area contributed by atoms with Crippen molar-refractivity contribution >= 4 is 29.1 Å². The molecule has 3 rings (SSSR count). The van der Waals surface area contributed by atoms with Gasteiger partial charge in [0.15, 0.2) is 0 Å². The van der Waals surface area contributed by atoms with Crippen molar-refractivity contribution in [2.24, 2.45) is 5.92 Å². The number of aryl methyl sites for hydroxylation is 1. The molecule has 0 radical (unpaired) electrons. The smallest absolute Gasteiger partial charge is 0.338 e. The number of hydrogen-bond acceptors (Lipinski definition) is 2. The number of piperidine rings is 1. The van der Waals surface area contributed by atoms with Crippen molar-refractivity contribution in [1.82, 2.24) is 4.90 Å². The molecule has 0 saturated carbocycles. The SMILES string of the molecule is Cc1ccc(Cl)cc1NC(=O)[C@H]1CCCN(C(=O)c2cccc(C(F)(F)F)c2)C1. The lowest BCUT2D eigenvalue weighted by molar-refractivity contribution is -0.137. The van der Waals surface area contributed by atoms with Crippen LogP contribution in [0.4, 0.5) is 18.9 Å². The maximum atomic E-state index is 12.9. The van der Waals surface area contributed by atoms with Gasteiger partial charge in [-0.25, -0.2) is 0 Å². The van der Waals surface area contributed by atoms with Crippen molar-refractivity contribution in [1.29, 1.82) is 0 Å². The highest BCUT2D eigenvalue weighted by Gasteiger charge is 2.33. The molecule has 2 amide bonds. The molecule has 1 N–H and O–H groups in total. The highest BCUT2D eigenvalue weighted by molar-refractivity contribution is 6.31. The summed E-state index contributed by atoms with van der Waals surface area (Å²) in [7, 11) is 0. The molecule has 1 atom stereocenters. The molecule has 2 aromatic carbocycles. The molecule has 1 aliphatic heterocycles. The number of amides is 2. The maximum absolute atomic E-state index is 12.9. The lowest BCUT2D eigenvalue weighted by Gasteiger charge is -2.32. The summed E-state index contributed by atoms with van der Waals surface area (Å²) < 4.78 is 38.8. The van der Waals surface area contributed by atoms with Gasteiger partial charge in [0.1, 0.15) is 0 Å². The molecule has 0 bridgehead atoms. The first-order valence-electron chi connectivity index (χ1n) is 9.18. The Labute approximate surface area is 171 Å². The molecular weight excluding hydrogens is 405 g/mol. The Bertz CT molecular complexity index is 930. The van der Waals surface area contributed by atoms with Gasteiger partial charge in [0.2, 0.25) is 5.91 Å². The number of carbonyl (C=O) groups excluding carboxylic acids is 2. The summed E-state index contributed by atoms with van der Waals surface area (Å²) in [4.78, 5) is 26.8. The van der Waals surface area contributed by atoms with Crippen LogP contribution in [-0.4, -0.2) is 29.8 Å². The number of rotatable bonds is 3. The predicted octanol–water partition coefficient (Wildman–Crippen LogP) is 5.16. The van der Waals surface area contributed by atoms with E-state index in [0.717, 1.165) is 17.7 Å². The van der Waals surface area contributed by atoms with Gasteiger partial charge in [0.25, 0.3) is 5.91 Å². The van der Waals surface area contributed by atoms with E-state index in [1.165, 1.54) is 17.0 Å². The van der Waals surface area contributed by atoms with E-state index >= 15 is 0 Å². The molecule has 0 aromatic heterocycles. The molecule has 154 valence electrons. The molecule has 0 aliphatic carbocycles. The first-order chi connectivity index (χ1) is 13.6. The number of nitrogens with one attached hydrogen (secondary N) is 1. The van der Waals surface area contributed by atoms with Gasteiger partial charge in [-0.15, -0.1) is 0 Å². The van der Waals surface area contributed by atoms with E-state index in [1.54, 1.807) is 18.2 Å². The highest BCUT2D eigenvalue weighted by atomic mass is 35.5. The number of benzene rings is 2. The van der Waals surface area contributed by atoms with Crippen molar-refractivity contribution < 1.29 is 22.8 Å². The Morgan fingerprint density at radius 1 is 1.17 bits per heavy atom. The van der Waals surface area contributed by atoms with Gasteiger partial charge in [0.05, 0.1) is 11.5 Å². The minimum Gasteiger partial charge on any atom is -0.338 e. The minimum atomic E-state index is -4.52. The van der Waals surface area contributed by atoms with Crippen LogP contribution < -0.4 is 5.32 Å². The fourth-order valence-corrected chi connectivity index (χ4v) is 3.52. The summed E-state index contributed by atoms with van der Waals surface area (Å²) in [5.41, 5.74) is 0.553. The number of anilines is 1. The van der Waals surface area contributed by atoms with Crippen molar-refractivity contribution in [3.63, 3.8) is 0 Å². The summed E-state index contributed by atoms with van der Waals surface area (Å²) >= 11 is 5.98. The number of alkyl halides is 3. The molecule has 1 fully saturated rings. The summed E-state index contributed by atoms with van der Waals surface area (Å²) in [5, 5.41) is 3.34. The van der Waals surface area contributed by atoms with Gasteiger partial charge < -0.3 is 10.2 Å². The zero-order valence-corrected chi connectivity index (χ0v) is 16.5. The number of likely N-dealkylation sites (tertiary alicyclic amines) is 1. The summed E-state index contributed by atoms with van der Waals surface area (Å²) in [6.07, 6.45) is -3.33. The van der Waals surface area contributed by atoms with Crippen LogP contribution >= 0.6 is 11.6 Å². The monoisotopic (exact) mass is 424 g/mol. The number of nitrogens with zero attached hydrogens (tertiary/aromatic N) is 1. The lowest BCUT2D eigenvalue weighted by Crippen LogP contribution is -2.43. The molecule has 4 nitrogen and oxygen atoms in total. The van der Waals surface area contributed by atoms with Crippen LogP contribution in [0.5, 0.6) is 0 Å². The molecule has 1 heterocycles. The molecule has 0 spiro atoms. The molecule has 29 heavy (non-hydrogen) atoms. The van der Waals surface area contributed by atoms with E-state index in [9.17, 15) is 22.8 Å². The average Bonchev–Trinajstić information content (AvgIpc) is 2.69. The van der Waals surface area contributed by atoms with Crippen molar-refractivity contribution in [3.8, 4) is 0 Å². The first-order valence-corrected chi connectivity index (χ1v) is 9.56. The van der Waals surface area contributed by atoms with Crippen molar-refractivity contribution in [2.75, 3.05) is 18.4 Å². The molecule has 8 heteroatoms. The zero-order chi connectivity index (χ0) is 21.2. The van der Waals surface area contributed by atoms with Crippen LogP contribution in [0.15, 0.2) is 42.5 Å². The third kappa shape index (κ3) is 5.09. The van der Waals surface area contributed by atoms with Gasteiger partial charge in [-0.1, -0.05) is 23.7 Å². The van der Waals surface area contributed by atoms with Gasteiger partial charge in [-0.2, -0.15) is 13.2 Å². The van der Waals surface area contributed by atoms with Crippen LogP contribution in [0, 0.1) is 12.8 Å². The van der Waals surface area contributed by atoms with Crippen LogP contribution in [0.2, 0.25) is 5.02 Å². The van der Waals surface area contributed by atoms with Crippen LogP contribution in [-0.2, 0) is 11.0 Å². The largest absolute Gasteiger partial charge is 0.416 e. The Kier molecular flexibility index (Phi) is 6.17. The molecule has 1 saturated heterocycles. The second-order valence-electron chi connectivity index (χ2n) is 7.12. The summed E-state index contributed by atoms with van der Waals surface area (Å²) in [6, 6.07) is 9.52. The van der Waals surface area contributed by atoms with Crippen molar-refractivity contribution in [2.45, 2.75) is 25.9 Å². The van der Waals surface area contributed by atoms with Gasteiger partial charge >= 0.3 is 6.18 Å². The lowest BCUT2D eigenvalue weighted by atomic mass is 9.96. The Balaban J connectivity index is 1.71. The van der Waals surface area contributed by atoms with E-state index in [0.29, 0.717) is 30.1 Å². The van der Waals surface area contributed by atoms with Crippen LogP contribution in [0.1, 0.15) is 34.3 Å². The van der Waals surface area contributed by atoms with Gasteiger partial charge in [-0.3, -0.25) is 9.59 Å². The maximum Gasteiger partial charge on any atom is 0.416 e. The first kappa shape index (κ1) is 21.2. The van der Waals surface area contributed by atoms with E-state index in [2.05, 4.69) is 5.32 Å². The number of carbonyl (C=O) groups is 2. The molecule has 1 aliphatic rings. The summed E-state index contributed by atoms with van der Waals surface area (Å²) in [6.45, 7) is 2.39. The number of hydrogen-bond donors (Lipinski definition) is 1. The average molecular weight is 425 g/mol. The quantitative estimate of drug-likeness (QED) is 0.740. The van der Waals surface area contributed by atoms with E-state index < -0.39 is 23.6 Å². The normalized spacial score (nSPS) is 17.1. The Morgan fingerprint density at radius 2 is 1.93 bits per heavy atom. The standard InChI is InChI=1S/C21H20ClF3N2O2/c1-13-7-8-17(22)11-18(13)26-19(28)15-5-3-9-27(12-15)20(29)14-4-2-6-16(10-14)21(23,24)25/h2,4,6-8,10-11,15H,3,5,9,12H2,1H3,(H,26,28)/t15-/m0/s1.